The van der Waals surface area contributed by atoms with Crippen LogP contribution in [0.5, 0.6) is 0 Å². The maximum absolute atomic E-state index is 12.2. The molecule has 0 rings (SSSR count). The van der Waals surface area contributed by atoms with Crippen LogP contribution in [0.1, 0.15) is 125 Å². The number of ether oxygens (including phenoxy) is 3. The first-order valence-corrected chi connectivity index (χ1v) is 15.3. The van der Waals surface area contributed by atoms with Gasteiger partial charge in [0.25, 0.3) is 0 Å². The average Bonchev–Trinajstić information content (AvgIpc) is 2.90. The summed E-state index contributed by atoms with van der Waals surface area (Å²) in [4.78, 5) is 35.4. The molecule has 0 saturated carbocycles. The quantitative estimate of drug-likeness (QED) is 0.0452. The van der Waals surface area contributed by atoms with Crippen molar-refractivity contribution in [1.29, 1.82) is 0 Å². The van der Waals surface area contributed by atoms with Gasteiger partial charge in [0.05, 0.1) is 0 Å². The number of unbranched alkanes of at least 4 members (excludes halogenated alkanes) is 9. The van der Waals surface area contributed by atoms with E-state index in [-0.39, 0.29) is 19.2 Å². The lowest BCUT2D eigenvalue weighted by atomic mass is 10.1. The number of rotatable bonds is 21. The Morgan fingerprint density at radius 3 is 2.00 bits per heavy atom. The van der Waals surface area contributed by atoms with Crippen molar-refractivity contribution in [3.05, 3.63) is 47.1 Å². The van der Waals surface area contributed by atoms with Crippen molar-refractivity contribution in [3.63, 3.8) is 0 Å². The monoisotopic (exact) mass is 570 g/mol. The highest BCUT2D eigenvalue weighted by atomic mass is 16.6. The van der Waals surface area contributed by atoms with Crippen LogP contribution in [0.3, 0.4) is 0 Å². The Morgan fingerprint density at radius 2 is 1.39 bits per heavy atom. The van der Waals surface area contributed by atoms with Crippen molar-refractivity contribution >= 4 is 17.9 Å². The van der Waals surface area contributed by atoms with E-state index in [0.717, 1.165) is 36.8 Å². The van der Waals surface area contributed by atoms with E-state index in [2.05, 4.69) is 30.9 Å². The topological polar surface area (TPSA) is 78.9 Å². The third-order valence-electron chi connectivity index (χ3n) is 6.16. The Balaban J connectivity index is 4.68. The third-order valence-corrected chi connectivity index (χ3v) is 6.16. The fourth-order valence-corrected chi connectivity index (χ4v) is 3.87. The molecule has 0 heterocycles. The van der Waals surface area contributed by atoms with Crippen LogP contribution in [0.15, 0.2) is 47.1 Å². The Kier molecular flexibility index (Phi) is 23.9. The summed E-state index contributed by atoms with van der Waals surface area (Å²) >= 11 is 0. The number of carbonyl (C=O) groups excluding carboxylic acids is 3. The summed E-state index contributed by atoms with van der Waals surface area (Å²) in [5.41, 5.74) is 2.49. The summed E-state index contributed by atoms with van der Waals surface area (Å²) < 4.78 is 16.1. The van der Waals surface area contributed by atoms with Crippen molar-refractivity contribution < 1.29 is 28.6 Å². The second-order valence-corrected chi connectivity index (χ2v) is 10.6. The fraction of sp³-hybridized carbons (Fsp3) is 0.629. The molecule has 0 saturated heterocycles. The molecule has 0 fully saturated rings. The maximum Gasteiger partial charge on any atom is 0.306 e. The highest BCUT2D eigenvalue weighted by Crippen LogP contribution is 2.16. The normalized spacial score (nSPS) is 12.3. The molecule has 230 valence electrons. The Morgan fingerprint density at radius 1 is 0.756 bits per heavy atom. The van der Waals surface area contributed by atoms with Gasteiger partial charge in [-0.3, -0.25) is 14.4 Å². The molecule has 0 aromatic rings. The second-order valence-electron chi connectivity index (χ2n) is 10.6. The van der Waals surface area contributed by atoms with Crippen LogP contribution in [0, 0.1) is 11.8 Å². The van der Waals surface area contributed by atoms with Crippen LogP contribution in [0.25, 0.3) is 0 Å². The minimum absolute atomic E-state index is 0.0149. The first kappa shape index (κ1) is 37.9. The van der Waals surface area contributed by atoms with Crippen molar-refractivity contribution in [1.82, 2.24) is 0 Å². The van der Waals surface area contributed by atoms with Gasteiger partial charge in [-0.05, 0) is 70.6 Å². The van der Waals surface area contributed by atoms with E-state index in [1.165, 1.54) is 58.8 Å². The molecule has 1 unspecified atom stereocenters. The molecule has 0 bridgehead atoms. The van der Waals surface area contributed by atoms with Crippen LogP contribution >= 0.6 is 0 Å². The molecule has 0 amide bonds. The number of carbonyl (C=O) groups is 3. The standard InChI is InChI=1S/C35H54O6/c1-7-8-9-10-11-12-13-14-15-16-17-18-19-23-35(38)39-27-26-33(28-40-31(5)36)34(41-32(6)37)25-24-30(4)22-20-21-29(2)3/h12-13,21,24,26,34H,7-11,14-19,23,25,27-28H2,1-6H3/b13-12+,30-24+,33-26-. The molecule has 0 aliphatic heterocycles. The van der Waals surface area contributed by atoms with Gasteiger partial charge in [-0.25, -0.2) is 0 Å². The lowest BCUT2D eigenvalue weighted by molar-refractivity contribution is -0.146. The summed E-state index contributed by atoms with van der Waals surface area (Å²) in [5, 5.41) is 0. The SMILES string of the molecule is CCCCCC/C=C/CCCCCCCC(=O)OC/C=C(/COC(C)=O)C(C/C=C(\C)C#CC=C(C)C)OC(C)=O. The van der Waals surface area contributed by atoms with Gasteiger partial charge in [0.2, 0.25) is 0 Å². The van der Waals surface area contributed by atoms with Crippen molar-refractivity contribution in [2.45, 2.75) is 131 Å². The maximum atomic E-state index is 12.2. The van der Waals surface area contributed by atoms with E-state index in [1.807, 2.05) is 32.9 Å². The number of hydrogen-bond acceptors (Lipinski definition) is 6. The van der Waals surface area contributed by atoms with Crippen molar-refractivity contribution in [3.8, 4) is 11.8 Å². The highest BCUT2D eigenvalue weighted by Gasteiger charge is 2.18. The first-order chi connectivity index (χ1) is 19.6. The van der Waals surface area contributed by atoms with Gasteiger partial charge >= 0.3 is 17.9 Å². The summed E-state index contributed by atoms with van der Waals surface area (Å²) in [7, 11) is 0. The van der Waals surface area contributed by atoms with E-state index in [0.29, 0.717) is 18.4 Å². The van der Waals surface area contributed by atoms with Crippen molar-refractivity contribution in [2.24, 2.45) is 0 Å². The molecule has 0 aromatic carbocycles. The summed E-state index contributed by atoms with van der Waals surface area (Å²) in [5.74, 6) is 4.84. The smallest absolute Gasteiger partial charge is 0.306 e. The molecule has 0 spiro atoms. The van der Waals surface area contributed by atoms with Crippen LogP contribution in [-0.2, 0) is 28.6 Å². The Hall–Kier alpha value is -3.07. The second kappa shape index (κ2) is 25.9. The van der Waals surface area contributed by atoms with Gasteiger partial charge in [0.1, 0.15) is 19.3 Å². The minimum atomic E-state index is -0.665. The Bertz CT molecular complexity index is 937. The molecule has 0 aromatic heterocycles. The molecular weight excluding hydrogens is 516 g/mol. The first-order valence-electron chi connectivity index (χ1n) is 15.3. The molecule has 1 atom stereocenters. The van der Waals surface area contributed by atoms with E-state index in [4.69, 9.17) is 14.2 Å². The minimum Gasteiger partial charge on any atom is -0.461 e. The third kappa shape index (κ3) is 25.6. The van der Waals surface area contributed by atoms with Crippen LogP contribution in [0.2, 0.25) is 0 Å². The van der Waals surface area contributed by atoms with Gasteiger partial charge in [-0.1, -0.05) is 81.1 Å². The van der Waals surface area contributed by atoms with Crippen LogP contribution < -0.4 is 0 Å². The van der Waals surface area contributed by atoms with Gasteiger partial charge in [-0.15, -0.1) is 0 Å². The molecule has 0 N–H and O–H groups in total. The number of hydrogen-bond donors (Lipinski definition) is 0. The highest BCUT2D eigenvalue weighted by molar-refractivity contribution is 5.69. The van der Waals surface area contributed by atoms with E-state index < -0.39 is 18.0 Å². The van der Waals surface area contributed by atoms with Gasteiger partial charge in [-0.2, -0.15) is 0 Å². The molecule has 0 aliphatic carbocycles. The molecule has 0 radical (unpaired) electrons. The zero-order valence-electron chi connectivity index (χ0n) is 26.5. The molecule has 0 aliphatic rings. The largest absolute Gasteiger partial charge is 0.461 e. The van der Waals surface area contributed by atoms with E-state index in [1.54, 1.807) is 6.08 Å². The van der Waals surface area contributed by atoms with Gasteiger partial charge < -0.3 is 14.2 Å². The molecular formula is C35H54O6. The van der Waals surface area contributed by atoms with E-state index in [9.17, 15) is 14.4 Å². The summed E-state index contributed by atoms with van der Waals surface area (Å²) in [6.07, 6.45) is 22.8. The molecule has 6 nitrogen and oxygen atoms in total. The molecule has 41 heavy (non-hydrogen) atoms. The zero-order valence-corrected chi connectivity index (χ0v) is 26.5. The van der Waals surface area contributed by atoms with Gasteiger partial charge in [0, 0.05) is 32.3 Å². The zero-order chi connectivity index (χ0) is 30.7. The van der Waals surface area contributed by atoms with Crippen LogP contribution in [0.4, 0.5) is 0 Å². The Labute approximate surface area is 249 Å². The van der Waals surface area contributed by atoms with E-state index >= 15 is 0 Å². The summed E-state index contributed by atoms with van der Waals surface area (Å²) in [6.45, 7) is 10.7. The predicted octanol–water partition coefficient (Wildman–Crippen LogP) is 8.51. The van der Waals surface area contributed by atoms with Crippen LogP contribution in [-0.4, -0.2) is 37.2 Å². The van der Waals surface area contributed by atoms with Crippen molar-refractivity contribution in [2.75, 3.05) is 13.2 Å². The number of esters is 3. The predicted molar refractivity (Wildman–Crippen MR) is 167 cm³/mol. The molecule has 6 heteroatoms. The lowest BCUT2D eigenvalue weighted by Gasteiger charge is -2.19. The fourth-order valence-electron chi connectivity index (χ4n) is 3.87. The lowest BCUT2D eigenvalue weighted by Crippen LogP contribution is -2.23. The summed E-state index contributed by atoms with van der Waals surface area (Å²) in [6, 6.07) is 0. The average molecular weight is 571 g/mol. The van der Waals surface area contributed by atoms with Gasteiger partial charge in [0.15, 0.2) is 0 Å². The number of allylic oxidation sites excluding steroid dienone is 5.